The van der Waals surface area contributed by atoms with Gasteiger partial charge < -0.3 is 4.74 Å². The van der Waals surface area contributed by atoms with Crippen LogP contribution in [0.5, 0.6) is 0 Å². The van der Waals surface area contributed by atoms with E-state index in [9.17, 15) is 14.9 Å². The van der Waals surface area contributed by atoms with Gasteiger partial charge in [-0.1, -0.05) is 60.7 Å². The largest absolute Gasteiger partial charge is 0.457 e. The Hall–Kier alpha value is -2.69. The summed E-state index contributed by atoms with van der Waals surface area (Å²) in [4.78, 5) is 23.9. The van der Waals surface area contributed by atoms with Gasteiger partial charge in [-0.2, -0.15) is 0 Å². The van der Waals surface area contributed by atoms with Crippen LogP contribution in [0.15, 0.2) is 60.7 Å². The number of hydrogen-bond donors (Lipinski definition) is 0. The zero-order chi connectivity index (χ0) is 18.1. The number of benzene rings is 2. The molecular formula is C21H21NO4. The fourth-order valence-electron chi connectivity index (χ4n) is 4.64. The number of cyclic esters (lactones) is 1. The third kappa shape index (κ3) is 3.09. The van der Waals surface area contributed by atoms with Crippen molar-refractivity contribution >= 4 is 5.97 Å². The van der Waals surface area contributed by atoms with Crippen LogP contribution in [0.2, 0.25) is 0 Å². The predicted molar refractivity (Wildman–Crippen MR) is 96.1 cm³/mol. The average Bonchev–Trinajstić information content (AvgIpc) is 2.67. The second kappa shape index (κ2) is 6.90. The van der Waals surface area contributed by atoms with E-state index < -0.39 is 6.04 Å². The molecule has 1 aliphatic carbocycles. The summed E-state index contributed by atoms with van der Waals surface area (Å²) in [6.45, 7) is 0. The van der Waals surface area contributed by atoms with E-state index in [1.165, 1.54) is 0 Å². The van der Waals surface area contributed by atoms with Crippen LogP contribution in [0, 0.1) is 22.0 Å². The Morgan fingerprint density at radius 2 is 1.54 bits per heavy atom. The second-order valence-corrected chi connectivity index (χ2v) is 7.29. The number of fused-ring (bicyclic) bond motifs is 1. The number of esters is 1. The third-order valence-corrected chi connectivity index (χ3v) is 5.84. The molecule has 0 N–H and O–H groups in total. The Morgan fingerprint density at radius 3 is 2.15 bits per heavy atom. The molecule has 5 heteroatoms. The first-order chi connectivity index (χ1) is 12.6. The van der Waals surface area contributed by atoms with Gasteiger partial charge in [0.1, 0.15) is 6.10 Å². The van der Waals surface area contributed by atoms with E-state index in [4.69, 9.17) is 4.74 Å². The van der Waals surface area contributed by atoms with Crippen LogP contribution in [0.3, 0.4) is 0 Å². The molecule has 0 radical (unpaired) electrons. The van der Waals surface area contributed by atoms with Gasteiger partial charge >= 0.3 is 5.97 Å². The van der Waals surface area contributed by atoms with Gasteiger partial charge in [0, 0.05) is 23.7 Å². The molecule has 2 fully saturated rings. The molecule has 0 unspecified atom stereocenters. The Labute approximate surface area is 152 Å². The van der Waals surface area contributed by atoms with E-state index >= 15 is 0 Å². The van der Waals surface area contributed by atoms with Crippen molar-refractivity contribution in [2.45, 2.75) is 37.3 Å². The summed E-state index contributed by atoms with van der Waals surface area (Å²) in [6, 6.07) is 18.6. The van der Waals surface area contributed by atoms with Crippen molar-refractivity contribution in [2.75, 3.05) is 0 Å². The molecule has 134 valence electrons. The Bertz CT molecular complexity index is 755. The van der Waals surface area contributed by atoms with Crippen LogP contribution in [0.1, 0.15) is 42.4 Å². The van der Waals surface area contributed by atoms with E-state index in [0.29, 0.717) is 19.3 Å². The monoisotopic (exact) mass is 351 g/mol. The van der Waals surface area contributed by atoms with Crippen molar-refractivity contribution < 1.29 is 14.5 Å². The Morgan fingerprint density at radius 1 is 0.923 bits per heavy atom. The molecule has 0 bridgehead atoms. The minimum atomic E-state index is -0.651. The molecule has 0 amide bonds. The lowest BCUT2D eigenvalue weighted by molar-refractivity contribution is -0.533. The van der Waals surface area contributed by atoms with E-state index in [1.807, 2.05) is 60.7 Å². The predicted octanol–water partition coefficient (Wildman–Crippen LogP) is 4.13. The average molecular weight is 351 g/mol. The van der Waals surface area contributed by atoms with Gasteiger partial charge in [-0.05, 0) is 23.5 Å². The minimum absolute atomic E-state index is 0.00883. The number of ether oxygens (including phenoxy) is 1. The SMILES string of the molecule is O=C1C[C@H]2C[C@@H](c3ccccc3)[C@H]([N+](=O)[O-])C[C@@H]2[C@@H](c2ccccc2)O1. The van der Waals surface area contributed by atoms with Crippen LogP contribution < -0.4 is 0 Å². The topological polar surface area (TPSA) is 69.4 Å². The van der Waals surface area contributed by atoms with E-state index in [-0.39, 0.29) is 34.8 Å². The van der Waals surface area contributed by atoms with Crippen molar-refractivity contribution in [3.63, 3.8) is 0 Å². The summed E-state index contributed by atoms with van der Waals surface area (Å²) in [5.74, 6) is -0.255. The standard InChI is InChI=1S/C21H21NO4/c23-20-12-16-11-17(14-7-3-1-4-8-14)19(22(24)25)13-18(16)21(26-20)15-9-5-2-6-10-15/h1-10,16-19,21H,11-13H2/t16-,17+,18+,19-,21-/m1/s1. The number of rotatable bonds is 3. The zero-order valence-corrected chi connectivity index (χ0v) is 14.4. The van der Waals surface area contributed by atoms with E-state index in [2.05, 4.69) is 0 Å². The van der Waals surface area contributed by atoms with Crippen molar-refractivity contribution in [3.05, 3.63) is 81.9 Å². The maximum atomic E-state index is 12.2. The van der Waals surface area contributed by atoms with Gasteiger partial charge in [-0.15, -0.1) is 0 Å². The summed E-state index contributed by atoms with van der Waals surface area (Å²) >= 11 is 0. The lowest BCUT2D eigenvalue weighted by Crippen LogP contribution is -2.45. The van der Waals surface area contributed by atoms with E-state index in [1.54, 1.807) is 0 Å². The molecule has 0 aromatic heterocycles. The lowest BCUT2D eigenvalue weighted by Gasteiger charge is -2.43. The zero-order valence-electron chi connectivity index (χ0n) is 14.4. The van der Waals surface area contributed by atoms with Crippen LogP contribution >= 0.6 is 0 Å². The first kappa shape index (κ1) is 16.8. The van der Waals surface area contributed by atoms with Crippen molar-refractivity contribution in [1.29, 1.82) is 0 Å². The fraction of sp³-hybridized carbons (Fsp3) is 0.381. The fourth-order valence-corrected chi connectivity index (χ4v) is 4.64. The summed E-state index contributed by atoms with van der Waals surface area (Å²) in [5.41, 5.74) is 1.92. The van der Waals surface area contributed by atoms with E-state index in [0.717, 1.165) is 11.1 Å². The molecular weight excluding hydrogens is 330 g/mol. The molecule has 5 atom stereocenters. The van der Waals surface area contributed by atoms with Gasteiger partial charge in [-0.3, -0.25) is 14.9 Å². The van der Waals surface area contributed by atoms with Crippen molar-refractivity contribution in [1.82, 2.24) is 0 Å². The molecule has 0 spiro atoms. The number of carbonyl (C=O) groups excluding carboxylic acids is 1. The molecule has 5 nitrogen and oxygen atoms in total. The van der Waals surface area contributed by atoms with Gasteiger partial charge in [0.2, 0.25) is 6.04 Å². The maximum Gasteiger partial charge on any atom is 0.306 e. The first-order valence-corrected chi connectivity index (χ1v) is 9.06. The van der Waals surface area contributed by atoms with Crippen LogP contribution in [0.4, 0.5) is 0 Å². The number of nitrogens with zero attached hydrogens (tertiary/aromatic N) is 1. The van der Waals surface area contributed by atoms with Gasteiger partial charge in [0.15, 0.2) is 0 Å². The second-order valence-electron chi connectivity index (χ2n) is 7.29. The van der Waals surface area contributed by atoms with Gasteiger partial charge in [0.05, 0.1) is 5.92 Å². The highest BCUT2D eigenvalue weighted by atomic mass is 16.6. The molecule has 2 aromatic carbocycles. The highest BCUT2D eigenvalue weighted by Crippen LogP contribution is 2.50. The molecule has 1 saturated carbocycles. The summed E-state index contributed by atoms with van der Waals surface area (Å²) < 4.78 is 5.65. The maximum absolute atomic E-state index is 12.2. The van der Waals surface area contributed by atoms with Crippen LogP contribution in [-0.4, -0.2) is 16.9 Å². The molecule has 1 heterocycles. The van der Waals surface area contributed by atoms with Crippen molar-refractivity contribution in [3.8, 4) is 0 Å². The first-order valence-electron chi connectivity index (χ1n) is 9.06. The summed E-state index contributed by atoms with van der Waals surface area (Å²) in [6.07, 6.45) is 1.05. The normalized spacial score (nSPS) is 30.9. The van der Waals surface area contributed by atoms with Gasteiger partial charge in [0.25, 0.3) is 0 Å². The number of carbonyl (C=O) groups is 1. The minimum Gasteiger partial charge on any atom is -0.457 e. The highest BCUT2D eigenvalue weighted by Gasteiger charge is 2.50. The summed E-state index contributed by atoms with van der Waals surface area (Å²) in [5, 5.41) is 11.8. The molecule has 4 rings (SSSR count). The third-order valence-electron chi connectivity index (χ3n) is 5.84. The van der Waals surface area contributed by atoms with Crippen LogP contribution in [0.25, 0.3) is 0 Å². The smallest absolute Gasteiger partial charge is 0.306 e. The molecule has 26 heavy (non-hydrogen) atoms. The van der Waals surface area contributed by atoms with Crippen molar-refractivity contribution in [2.24, 2.45) is 11.8 Å². The highest BCUT2D eigenvalue weighted by molar-refractivity contribution is 5.71. The molecule has 1 aliphatic heterocycles. The van der Waals surface area contributed by atoms with Crippen LogP contribution in [-0.2, 0) is 9.53 Å². The lowest BCUT2D eigenvalue weighted by atomic mass is 9.65. The Balaban J connectivity index is 1.67. The number of nitro groups is 1. The molecule has 1 saturated heterocycles. The molecule has 2 aliphatic rings. The molecule has 2 aromatic rings. The van der Waals surface area contributed by atoms with Gasteiger partial charge in [-0.25, -0.2) is 0 Å². The quantitative estimate of drug-likeness (QED) is 0.474. The Kier molecular flexibility index (Phi) is 4.45. The number of hydrogen-bond acceptors (Lipinski definition) is 4. The summed E-state index contributed by atoms with van der Waals surface area (Å²) in [7, 11) is 0.